The Bertz CT molecular complexity index is 4700. The SMILES string of the molecule is CC(C)(C)OC(=O)N1CCC[C@H]1C=O.CC(C)(C)OC(=O)N1CCC[C@H]1CCc1cccc(OC(F)(F)F)c1.ClCCl.FC(F)(F)Oc1cccc(CC[C@@H]2CCCN2)c1.NC(=O)n1cc(N=CC=O)c2ccccc21.NC(=O)n1cc(NC(=O)N2CCC[C@H]2CCc2cccc(OC(F)(F)F)c2)c2ccccc21.Nc1cccc(OC(F)(F)F)c1. The molecule has 0 saturated carbocycles. The largest absolute Gasteiger partial charge is 0.573 e. The molecule has 8 N–H and O–H groups in total. The Morgan fingerprint density at radius 3 is 1.35 bits per heavy atom. The molecule has 4 aliphatic heterocycles. The van der Waals surface area contributed by atoms with Crippen molar-refractivity contribution in [3.05, 3.63) is 175 Å². The van der Waals surface area contributed by atoms with E-state index in [-0.39, 0.29) is 70.4 Å². The van der Waals surface area contributed by atoms with Gasteiger partial charge in [-0.3, -0.25) is 23.8 Å². The van der Waals surface area contributed by atoms with Gasteiger partial charge in [-0.1, -0.05) is 78.9 Å². The number of para-hydroxylation sites is 2. The molecule has 8 aromatic rings. The van der Waals surface area contributed by atoms with E-state index in [9.17, 15) is 86.2 Å². The highest BCUT2D eigenvalue weighted by Crippen LogP contribution is 2.34. The summed E-state index contributed by atoms with van der Waals surface area (Å²) < 4.78 is 174. The van der Waals surface area contributed by atoms with Crippen molar-refractivity contribution in [3.8, 4) is 23.0 Å². The fourth-order valence-corrected chi connectivity index (χ4v) is 13.2. The molecule has 6 amide bonds. The van der Waals surface area contributed by atoms with E-state index in [1.807, 2.05) is 59.7 Å². The number of carbonyl (C=O) groups excluding carboxylic acids is 7. The van der Waals surface area contributed by atoms with Gasteiger partial charge in [0.2, 0.25) is 0 Å². The van der Waals surface area contributed by atoms with Crippen LogP contribution in [0.5, 0.6) is 23.0 Å². The minimum atomic E-state index is -4.74. The number of primary amides is 2. The van der Waals surface area contributed by atoms with E-state index in [2.05, 4.69) is 34.6 Å². The maximum Gasteiger partial charge on any atom is 0.573 e. The van der Waals surface area contributed by atoms with Crippen molar-refractivity contribution < 1.29 is 115 Å². The predicted octanol–water partition coefficient (Wildman–Crippen LogP) is 19.9. The lowest BCUT2D eigenvalue weighted by Crippen LogP contribution is -2.40. The molecule has 0 radical (unpaired) electrons. The number of hydrogen-bond donors (Lipinski definition) is 5. The minimum absolute atomic E-state index is 0.0436. The van der Waals surface area contributed by atoms with E-state index in [1.165, 1.54) is 99.6 Å². The van der Waals surface area contributed by atoms with Gasteiger partial charge in [0.05, 0.1) is 40.0 Å². The number of aromatic nitrogens is 2. The molecule has 12 rings (SSSR count). The van der Waals surface area contributed by atoms with Gasteiger partial charge in [0.15, 0.2) is 6.29 Å². The van der Waals surface area contributed by atoms with E-state index >= 15 is 0 Å². The number of halogens is 14. The number of rotatable bonds is 17. The van der Waals surface area contributed by atoms with Crippen LogP contribution < -0.4 is 46.8 Å². The van der Waals surface area contributed by atoms with E-state index in [4.69, 9.17) is 49.9 Å². The third-order valence-corrected chi connectivity index (χ3v) is 18.1. The standard InChI is InChI=1S/C23H23F3N4O3.C18H24F3NO3.C13H16F3NO.C11H9N3O2.C10H17NO3.C7H6F3NO.CH2Cl2/c24-23(25,26)33-17-7-3-5-15(13-17)10-11-16-6-4-12-29(16)22(32)28-19-14-30(21(27)31)20-9-2-1-8-18(19)20;1-17(2,3)25-16(23)22-11-5-7-14(22)10-9-13-6-4-8-15(12-13)24-18(19,20)21;14-13(15,16)18-12-5-1-3-10(9-12)6-7-11-4-2-8-17-11;12-11(16)14-7-9(13-5-6-15)8-3-1-2-4-10(8)14;1-10(2,3)14-9(13)11-6-4-5-8(11)7-12;8-7(9,10)12-6-3-1-2-5(11)4-6;2-1-3/h1-3,5,7-9,13-14,16H,4,6,10-12H2,(H2,27,31)(H,28,32);4,6,8,12,14H,5,7,9-11H2,1-3H3;1,3,5,9,11,17H,2,4,6-8H2;1-7H,(H2,12,16);7-8H,4-6H2,1-3H3;1-4H,11H2;1H2/t16-;14-;11-;;8-;;/m000.0../s1. The molecule has 660 valence electrons. The van der Waals surface area contributed by atoms with Crippen LogP contribution in [0.2, 0.25) is 0 Å². The number of nitrogens with zero attached hydrogens (tertiary/aromatic N) is 6. The van der Waals surface area contributed by atoms with Crippen LogP contribution in [-0.2, 0) is 38.3 Å². The van der Waals surface area contributed by atoms with Gasteiger partial charge in [-0.2, -0.15) is 0 Å². The summed E-state index contributed by atoms with van der Waals surface area (Å²) in [6.07, 6.45) is -2.44. The number of anilines is 2. The van der Waals surface area contributed by atoms with Crippen LogP contribution in [0, 0.1) is 0 Å². The zero-order chi connectivity index (χ0) is 89.5. The molecule has 24 nitrogen and oxygen atoms in total. The Labute approximate surface area is 700 Å². The third-order valence-electron chi connectivity index (χ3n) is 18.1. The maximum absolute atomic E-state index is 13.0. The summed E-state index contributed by atoms with van der Waals surface area (Å²) in [5, 5.41) is 7.91. The lowest BCUT2D eigenvalue weighted by molar-refractivity contribution is -0.275. The van der Waals surface area contributed by atoms with E-state index in [1.54, 1.807) is 64.4 Å². The number of likely N-dealkylation sites (tertiary alicyclic amines) is 3. The molecule has 4 atom stereocenters. The molecule has 121 heavy (non-hydrogen) atoms. The second kappa shape index (κ2) is 46.0. The molecule has 2 aromatic heterocycles. The van der Waals surface area contributed by atoms with Gasteiger partial charge in [-0.15, -0.1) is 75.9 Å². The summed E-state index contributed by atoms with van der Waals surface area (Å²) in [6, 6.07) is 36.2. The molecule has 0 aliphatic carbocycles. The Kier molecular flexibility index (Phi) is 37.5. The van der Waals surface area contributed by atoms with E-state index in [0.29, 0.717) is 91.0 Å². The normalized spacial score (nSPS) is 16.5. The number of alkyl halides is 14. The number of carbonyl (C=O) groups is 7. The lowest BCUT2D eigenvalue weighted by atomic mass is 10.0. The summed E-state index contributed by atoms with van der Waals surface area (Å²) >= 11 is 9.53. The van der Waals surface area contributed by atoms with Crippen LogP contribution in [-0.4, -0.2) is 165 Å². The van der Waals surface area contributed by atoms with Gasteiger partial charge in [-0.25, -0.2) is 24.0 Å². The molecular formula is C83H97Cl2F12N11O13. The maximum atomic E-state index is 13.0. The van der Waals surface area contributed by atoms with Crippen LogP contribution in [0.25, 0.3) is 21.8 Å². The van der Waals surface area contributed by atoms with Crippen molar-refractivity contribution in [1.29, 1.82) is 0 Å². The number of aryl methyl sites for hydroxylation is 3. The van der Waals surface area contributed by atoms with Crippen molar-refractivity contribution in [1.82, 2.24) is 29.2 Å². The molecule has 4 saturated heterocycles. The Hall–Kier alpha value is -11.1. The number of fused-ring (bicyclic) bond motifs is 2. The summed E-state index contributed by atoms with van der Waals surface area (Å²) in [4.78, 5) is 89.5. The number of benzene rings is 6. The average molecular weight is 1760 g/mol. The number of urea groups is 1. The molecule has 0 spiro atoms. The van der Waals surface area contributed by atoms with Crippen LogP contribution >= 0.6 is 23.2 Å². The van der Waals surface area contributed by atoms with Gasteiger partial charge < -0.3 is 70.9 Å². The summed E-state index contributed by atoms with van der Waals surface area (Å²) in [5.74, 6) is -0.922. The second-order valence-corrected chi connectivity index (χ2v) is 30.4. The van der Waals surface area contributed by atoms with Crippen molar-refractivity contribution >= 4 is 111 Å². The highest BCUT2D eigenvalue weighted by atomic mass is 35.5. The number of nitrogens with two attached hydrogens (primary N) is 3. The monoisotopic (exact) mass is 1750 g/mol. The molecule has 38 heteroatoms. The second-order valence-electron chi connectivity index (χ2n) is 29.5. The minimum Gasteiger partial charge on any atom is -0.444 e. The molecule has 4 aliphatic rings. The van der Waals surface area contributed by atoms with Crippen LogP contribution in [0.1, 0.15) is 129 Å². The number of nitrogen functional groups attached to an aromatic ring is 1. The quantitative estimate of drug-likeness (QED) is 0.0186. The van der Waals surface area contributed by atoms with Gasteiger partial charge in [0.1, 0.15) is 40.5 Å². The van der Waals surface area contributed by atoms with E-state index in [0.717, 1.165) is 99.4 Å². The van der Waals surface area contributed by atoms with Gasteiger partial charge in [0.25, 0.3) is 0 Å². The van der Waals surface area contributed by atoms with Gasteiger partial charge in [0, 0.05) is 72.7 Å². The fraction of sp³-hybridized carbons (Fsp3) is 0.422. The Morgan fingerprint density at radius 1 is 0.504 bits per heavy atom. The number of nitrogens with one attached hydrogen (secondary N) is 2. The topological polar surface area (TPSA) is 309 Å². The first-order valence-corrected chi connectivity index (χ1v) is 39.2. The number of aldehydes is 2. The van der Waals surface area contributed by atoms with Crippen molar-refractivity contribution in [2.45, 2.75) is 192 Å². The van der Waals surface area contributed by atoms with Gasteiger partial charge >= 0.3 is 55.7 Å². The molecule has 0 bridgehead atoms. The van der Waals surface area contributed by atoms with Crippen LogP contribution in [0.15, 0.2) is 163 Å². The first kappa shape index (κ1) is 98.7. The third kappa shape index (κ3) is 35.6. The molecule has 0 unspecified atom stereocenters. The number of aliphatic imine (C=N–C) groups is 1. The highest BCUT2D eigenvalue weighted by molar-refractivity contribution is 6.40. The molecule has 6 aromatic carbocycles. The van der Waals surface area contributed by atoms with Crippen LogP contribution in [0.4, 0.5) is 93.7 Å². The average Bonchev–Trinajstić information content (AvgIpc) is 1.65. The number of amides is 6. The first-order chi connectivity index (χ1) is 56.8. The zero-order valence-corrected chi connectivity index (χ0v) is 68.5. The molecule has 4 fully saturated rings. The Balaban J connectivity index is 0.000000231. The number of ether oxygens (including phenoxy) is 6. The number of hydrogen-bond acceptors (Lipinski definition) is 16. The molecule has 6 heterocycles. The fourth-order valence-electron chi connectivity index (χ4n) is 13.2. The zero-order valence-electron chi connectivity index (χ0n) is 67.0. The van der Waals surface area contributed by atoms with E-state index < -0.39 is 48.7 Å². The molecular weight excluding hydrogens is 1660 g/mol. The highest BCUT2D eigenvalue weighted by Gasteiger charge is 2.37. The summed E-state index contributed by atoms with van der Waals surface area (Å²) in [6.45, 7) is 13.8. The summed E-state index contributed by atoms with van der Waals surface area (Å²) in [5.41, 5.74) is 19.7. The van der Waals surface area contributed by atoms with Crippen molar-refractivity contribution in [3.63, 3.8) is 0 Å². The smallest absolute Gasteiger partial charge is 0.444 e. The van der Waals surface area contributed by atoms with Crippen LogP contribution in [0.3, 0.4) is 0 Å². The first-order valence-electron chi connectivity index (χ1n) is 38.1. The van der Waals surface area contributed by atoms with Crippen molar-refractivity contribution in [2.75, 3.05) is 42.6 Å². The predicted molar refractivity (Wildman–Crippen MR) is 434 cm³/mol. The summed E-state index contributed by atoms with van der Waals surface area (Å²) in [7, 11) is 0. The lowest BCUT2D eigenvalue weighted by Gasteiger charge is -2.28. The van der Waals surface area contributed by atoms with Crippen molar-refractivity contribution in [2.24, 2.45) is 16.5 Å². The Morgan fingerprint density at radius 2 is 0.909 bits per heavy atom. The van der Waals surface area contributed by atoms with Gasteiger partial charge in [-0.05, 0) is 215 Å².